The number of fused-ring (bicyclic) bond motifs is 1. The molecule has 11 heteroatoms. The van der Waals surface area contributed by atoms with Crippen LogP contribution in [0.15, 0.2) is 52.4 Å². The molecule has 1 aliphatic heterocycles. The highest BCUT2D eigenvalue weighted by molar-refractivity contribution is 7.89. The van der Waals surface area contributed by atoms with E-state index in [1.54, 1.807) is 18.2 Å². The number of sulfonamides is 1. The summed E-state index contributed by atoms with van der Waals surface area (Å²) < 4.78 is 39.3. The van der Waals surface area contributed by atoms with Crippen molar-refractivity contribution in [3.8, 4) is 11.5 Å². The van der Waals surface area contributed by atoms with E-state index in [1.165, 1.54) is 43.1 Å². The number of piperidine rings is 1. The Morgan fingerprint density at radius 3 is 2.54 bits per heavy atom. The Hall–Kier alpha value is -3.44. The van der Waals surface area contributed by atoms with Gasteiger partial charge in [0.2, 0.25) is 15.9 Å². The molecule has 0 radical (unpaired) electrons. The van der Waals surface area contributed by atoms with E-state index in [0.29, 0.717) is 41.7 Å². The van der Waals surface area contributed by atoms with E-state index in [9.17, 15) is 18.0 Å². The molecule has 0 bridgehead atoms. The average molecular weight is 501 g/mol. The first kappa shape index (κ1) is 24.7. The van der Waals surface area contributed by atoms with Gasteiger partial charge in [-0.2, -0.15) is 4.31 Å². The third-order valence-corrected chi connectivity index (χ3v) is 8.07. The Morgan fingerprint density at radius 2 is 1.86 bits per heavy atom. The molecule has 1 amide bonds. The van der Waals surface area contributed by atoms with Crippen LogP contribution in [0.25, 0.3) is 10.9 Å². The van der Waals surface area contributed by atoms with Crippen LogP contribution in [0.4, 0.5) is 5.69 Å². The van der Waals surface area contributed by atoms with E-state index in [-0.39, 0.29) is 16.8 Å². The predicted molar refractivity (Wildman–Crippen MR) is 131 cm³/mol. The number of hydrogen-bond acceptors (Lipinski definition) is 7. The van der Waals surface area contributed by atoms with Crippen molar-refractivity contribution in [1.29, 1.82) is 0 Å². The smallest absolute Gasteiger partial charge is 0.261 e. The Balaban J connectivity index is 1.58. The zero-order chi connectivity index (χ0) is 25.2. The van der Waals surface area contributed by atoms with E-state index in [1.807, 2.05) is 0 Å². The first-order valence-corrected chi connectivity index (χ1v) is 12.7. The fourth-order valence-corrected chi connectivity index (χ4v) is 5.53. The summed E-state index contributed by atoms with van der Waals surface area (Å²) >= 11 is 0. The van der Waals surface area contributed by atoms with Gasteiger partial charge in [-0.1, -0.05) is 6.92 Å². The fourth-order valence-electron chi connectivity index (χ4n) is 4.03. The normalized spacial score (nSPS) is 15.2. The molecule has 0 atom stereocenters. The van der Waals surface area contributed by atoms with Crippen LogP contribution in [-0.2, 0) is 21.4 Å². The van der Waals surface area contributed by atoms with Crippen molar-refractivity contribution in [3.05, 3.63) is 53.1 Å². The summed E-state index contributed by atoms with van der Waals surface area (Å²) in [4.78, 5) is 30.1. The number of hydrogen-bond donors (Lipinski definition) is 1. The number of aromatic nitrogens is 2. The number of ether oxygens (including phenoxy) is 2. The third-order valence-electron chi connectivity index (χ3n) is 6.17. The minimum absolute atomic E-state index is 0.0450. The van der Waals surface area contributed by atoms with E-state index < -0.39 is 21.5 Å². The zero-order valence-electron chi connectivity index (χ0n) is 19.9. The Bertz CT molecular complexity index is 1410. The lowest BCUT2D eigenvalue weighted by Crippen LogP contribution is -2.38. The van der Waals surface area contributed by atoms with Gasteiger partial charge in [-0.15, -0.1) is 0 Å². The first-order valence-electron chi connectivity index (χ1n) is 11.2. The number of rotatable bonds is 7. The number of benzene rings is 2. The van der Waals surface area contributed by atoms with E-state index in [2.05, 4.69) is 17.2 Å². The van der Waals surface area contributed by atoms with Gasteiger partial charge >= 0.3 is 0 Å². The lowest BCUT2D eigenvalue weighted by Gasteiger charge is -2.29. The maximum absolute atomic E-state index is 13.1. The number of amides is 1. The van der Waals surface area contributed by atoms with Crippen LogP contribution in [0.5, 0.6) is 11.5 Å². The van der Waals surface area contributed by atoms with Gasteiger partial charge in [0.25, 0.3) is 5.56 Å². The molecular weight excluding hydrogens is 472 g/mol. The first-order chi connectivity index (χ1) is 16.7. The van der Waals surface area contributed by atoms with E-state index >= 15 is 0 Å². The number of anilines is 1. The van der Waals surface area contributed by atoms with Gasteiger partial charge in [0.1, 0.15) is 18.0 Å². The summed E-state index contributed by atoms with van der Waals surface area (Å²) in [5.41, 5.74) is 0.273. The minimum Gasteiger partial charge on any atom is -0.497 e. The quantitative estimate of drug-likeness (QED) is 0.529. The van der Waals surface area contributed by atoms with Gasteiger partial charge in [0, 0.05) is 19.2 Å². The van der Waals surface area contributed by atoms with Gasteiger partial charge in [-0.05, 0) is 49.1 Å². The van der Waals surface area contributed by atoms with Gasteiger partial charge in [-0.25, -0.2) is 13.4 Å². The van der Waals surface area contributed by atoms with Gasteiger partial charge in [0.05, 0.1) is 42.0 Å². The molecule has 2 aromatic carbocycles. The molecule has 1 aliphatic rings. The van der Waals surface area contributed by atoms with Crippen LogP contribution < -0.4 is 20.3 Å². The summed E-state index contributed by atoms with van der Waals surface area (Å²) in [5.74, 6) is 0.990. The molecule has 186 valence electrons. The van der Waals surface area contributed by atoms with Gasteiger partial charge < -0.3 is 14.8 Å². The summed E-state index contributed by atoms with van der Waals surface area (Å²) in [6.45, 7) is 2.70. The molecule has 3 aromatic rings. The SMILES string of the molecule is COc1ccc(NC(=O)Cn2cnc3ccc(S(=O)(=O)N4CCC(C)CC4)cc3c2=O)c(OC)c1. The largest absolute Gasteiger partial charge is 0.497 e. The zero-order valence-corrected chi connectivity index (χ0v) is 20.7. The Kier molecular flexibility index (Phi) is 7.08. The molecule has 10 nitrogen and oxygen atoms in total. The van der Waals surface area contributed by atoms with Crippen LogP contribution >= 0.6 is 0 Å². The second-order valence-electron chi connectivity index (χ2n) is 8.56. The summed E-state index contributed by atoms with van der Waals surface area (Å²) in [5, 5.41) is 2.84. The van der Waals surface area contributed by atoms with Crippen LogP contribution in [0, 0.1) is 5.92 Å². The highest BCUT2D eigenvalue weighted by atomic mass is 32.2. The summed E-state index contributed by atoms with van der Waals surface area (Å²) in [6.07, 6.45) is 2.88. The molecule has 0 aliphatic carbocycles. The maximum atomic E-state index is 13.1. The molecule has 0 spiro atoms. The highest BCUT2D eigenvalue weighted by Gasteiger charge is 2.28. The Labute approximate surface area is 203 Å². The van der Waals surface area contributed by atoms with Crippen LogP contribution in [-0.4, -0.2) is 55.5 Å². The van der Waals surface area contributed by atoms with E-state index in [4.69, 9.17) is 9.47 Å². The topological polar surface area (TPSA) is 120 Å². The lowest BCUT2D eigenvalue weighted by molar-refractivity contribution is -0.116. The molecular formula is C24H28N4O6S. The average Bonchev–Trinajstić information content (AvgIpc) is 2.86. The predicted octanol–water partition coefficient (Wildman–Crippen LogP) is 2.47. The molecule has 2 heterocycles. The molecule has 35 heavy (non-hydrogen) atoms. The van der Waals surface area contributed by atoms with E-state index in [0.717, 1.165) is 17.4 Å². The number of nitrogens with one attached hydrogen (secondary N) is 1. The monoisotopic (exact) mass is 500 g/mol. The third kappa shape index (κ3) is 5.15. The number of carbonyl (C=O) groups is 1. The summed E-state index contributed by atoms with van der Waals surface area (Å²) in [7, 11) is -0.736. The molecule has 0 unspecified atom stereocenters. The second kappa shape index (κ2) is 10.0. The van der Waals surface area contributed by atoms with Crippen molar-refractivity contribution in [2.24, 2.45) is 5.92 Å². The number of methoxy groups -OCH3 is 2. The van der Waals surface area contributed by atoms with Crippen LogP contribution in [0.2, 0.25) is 0 Å². The molecule has 1 N–H and O–H groups in total. The Morgan fingerprint density at radius 1 is 1.11 bits per heavy atom. The standard InChI is InChI=1S/C24H28N4O6S/c1-16-8-10-28(11-9-16)35(31,32)18-5-7-20-19(13-18)24(30)27(15-25-20)14-23(29)26-21-6-4-17(33-2)12-22(21)34-3/h4-7,12-13,15-16H,8-11,14H2,1-3H3,(H,26,29). The minimum atomic E-state index is -3.73. The molecule has 4 rings (SSSR count). The number of carbonyl (C=O) groups excluding carboxylic acids is 1. The fraction of sp³-hybridized carbons (Fsp3) is 0.375. The molecule has 1 aromatic heterocycles. The maximum Gasteiger partial charge on any atom is 0.261 e. The molecule has 1 saturated heterocycles. The van der Waals surface area contributed by atoms with Crippen molar-refractivity contribution < 1.29 is 22.7 Å². The second-order valence-corrected chi connectivity index (χ2v) is 10.5. The van der Waals surface area contributed by atoms with Crippen LogP contribution in [0.1, 0.15) is 19.8 Å². The lowest BCUT2D eigenvalue weighted by atomic mass is 10.0. The summed E-state index contributed by atoms with van der Waals surface area (Å²) in [6, 6.07) is 9.27. The highest BCUT2D eigenvalue weighted by Crippen LogP contribution is 2.29. The van der Waals surface area contributed by atoms with Gasteiger partial charge in [0.15, 0.2) is 0 Å². The number of nitrogens with zero attached hydrogens (tertiary/aromatic N) is 3. The van der Waals surface area contributed by atoms with Crippen molar-refractivity contribution in [1.82, 2.24) is 13.9 Å². The van der Waals surface area contributed by atoms with Crippen molar-refractivity contribution >= 4 is 32.5 Å². The molecule has 0 saturated carbocycles. The van der Waals surface area contributed by atoms with Crippen molar-refractivity contribution in [3.63, 3.8) is 0 Å². The van der Waals surface area contributed by atoms with Crippen molar-refractivity contribution in [2.45, 2.75) is 31.2 Å². The van der Waals surface area contributed by atoms with Crippen molar-refractivity contribution in [2.75, 3.05) is 32.6 Å². The van der Waals surface area contributed by atoms with Crippen LogP contribution in [0.3, 0.4) is 0 Å². The molecule has 1 fully saturated rings. The van der Waals surface area contributed by atoms with Gasteiger partial charge in [-0.3, -0.25) is 14.2 Å².